The fourth-order valence-corrected chi connectivity index (χ4v) is 3.47. The number of anilines is 1. The minimum absolute atomic E-state index is 0.0750. The summed E-state index contributed by atoms with van der Waals surface area (Å²) in [5.74, 6) is 0.0750. The van der Waals surface area contributed by atoms with E-state index >= 15 is 0 Å². The zero-order chi connectivity index (χ0) is 16.2. The first-order chi connectivity index (χ1) is 11.2. The van der Waals surface area contributed by atoms with Crippen molar-refractivity contribution in [3.05, 3.63) is 58.3 Å². The summed E-state index contributed by atoms with van der Waals surface area (Å²) in [6.45, 7) is 2.92. The topological polar surface area (TPSA) is 37.7 Å². The zero-order valence-electron chi connectivity index (χ0n) is 12.6. The highest BCUT2D eigenvalue weighted by Crippen LogP contribution is 2.32. The Kier molecular flexibility index (Phi) is 5.03. The molecule has 0 unspecified atom stereocenters. The van der Waals surface area contributed by atoms with E-state index in [-0.39, 0.29) is 5.91 Å². The summed E-state index contributed by atoms with van der Waals surface area (Å²) in [5.41, 5.74) is 1.56. The molecule has 4 nitrogen and oxygen atoms in total. The Balaban J connectivity index is 1.74. The summed E-state index contributed by atoms with van der Waals surface area (Å²) in [7, 11) is 0. The van der Waals surface area contributed by atoms with E-state index in [2.05, 4.69) is 9.88 Å². The number of aromatic nitrogens is 1. The molecule has 1 amide bonds. The molecule has 1 saturated heterocycles. The van der Waals surface area contributed by atoms with E-state index in [0.29, 0.717) is 23.1 Å². The molecule has 1 aromatic heterocycles. The molecular formula is C17H18Cl2N3O+. The number of amides is 1. The highest BCUT2D eigenvalue weighted by molar-refractivity contribution is 6.38. The minimum Gasteiger partial charge on any atom is -0.367 e. The predicted octanol–water partition coefficient (Wildman–Crippen LogP) is 3.16. The second-order valence-electron chi connectivity index (χ2n) is 5.50. The van der Waals surface area contributed by atoms with Gasteiger partial charge in [-0.2, -0.15) is 0 Å². The van der Waals surface area contributed by atoms with Crippen LogP contribution in [-0.2, 0) is 0 Å². The van der Waals surface area contributed by atoms with E-state index < -0.39 is 0 Å². The first-order valence-electron chi connectivity index (χ1n) is 7.61. The van der Waals surface area contributed by atoms with E-state index in [4.69, 9.17) is 23.2 Å². The third kappa shape index (κ3) is 3.59. The van der Waals surface area contributed by atoms with Gasteiger partial charge in [-0.3, -0.25) is 4.79 Å². The maximum absolute atomic E-state index is 12.6. The van der Waals surface area contributed by atoms with Gasteiger partial charge in [-0.05, 0) is 18.6 Å². The third-order valence-electron chi connectivity index (χ3n) is 3.99. The molecule has 0 aliphatic carbocycles. The molecular weight excluding hydrogens is 333 g/mol. The number of carbonyl (C=O) groups is 1. The van der Waals surface area contributed by atoms with Gasteiger partial charge in [0.05, 0.1) is 5.69 Å². The number of rotatable bonds is 2. The van der Waals surface area contributed by atoms with Gasteiger partial charge in [-0.1, -0.05) is 41.4 Å². The van der Waals surface area contributed by atoms with Gasteiger partial charge in [-0.25, -0.2) is 4.98 Å². The number of hydrogen-bond acceptors (Lipinski definition) is 2. The molecule has 0 spiro atoms. The summed E-state index contributed by atoms with van der Waals surface area (Å²) in [6, 6.07) is 9.39. The number of nitrogens with zero attached hydrogens (tertiary/aromatic N) is 2. The van der Waals surface area contributed by atoms with Gasteiger partial charge in [0.1, 0.15) is 10.0 Å². The van der Waals surface area contributed by atoms with Crippen LogP contribution >= 0.6 is 23.2 Å². The van der Waals surface area contributed by atoms with Crippen molar-refractivity contribution in [1.29, 1.82) is 0 Å². The molecule has 2 heterocycles. The van der Waals surface area contributed by atoms with Crippen molar-refractivity contribution in [2.24, 2.45) is 0 Å². The molecule has 1 fully saturated rings. The smallest absolute Gasteiger partial charge is 0.253 e. The normalized spacial score (nSPS) is 15.4. The Morgan fingerprint density at radius 1 is 0.957 bits per heavy atom. The van der Waals surface area contributed by atoms with Gasteiger partial charge in [0.15, 0.2) is 12.4 Å². The fourth-order valence-electron chi connectivity index (χ4n) is 2.85. The lowest BCUT2D eigenvalue weighted by molar-refractivity contribution is -0.377. The third-order valence-corrected chi connectivity index (χ3v) is 4.57. The lowest BCUT2D eigenvalue weighted by atomic mass is 10.2. The Hall–Kier alpha value is -1.78. The van der Waals surface area contributed by atoms with Crippen molar-refractivity contribution in [3.8, 4) is 0 Å². The Bertz CT molecular complexity index is 673. The zero-order valence-corrected chi connectivity index (χ0v) is 14.1. The van der Waals surface area contributed by atoms with Gasteiger partial charge in [0, 0.05) is 31.7 Å². The van der Waals surface area contributed by atoms with Gasteiger partial charge in [0.25, 0.3) is 5.91 Å². The molecule has 0 bridgehead atoms. The molecule has 23 heavy (non-hydrogen) atoms. The van der Waals surface area contributed by atoms with Crippen LogP contribution in [0.25, 0.3) is 0 Å². The largest absolute Gasteiger partial charge is 0.367 e. The first-order valence-corrected chi connectivity index (χ1v) is 8.37. The number of aromatic amines is 1. The Labute approximate surface area is 145 Å². The monoisotopic (exact) mass is 350 g/mol. The van der Waals surface area contributed by atoms with Gasteiger partial charge in [0.2, 0.25) is 0 Å². The second kappa shape index (κ2) is 7.20. The molecule has 120 valence electrons. The maximum Gasteiger partial charge on any atom is 0.253 e. The van der Waals surface area contributed by atoms with Crippen molar-refractivity contribution in [2.45, 2.75) is 6.42 Å². The fraction of sp³-hybridized carbons (Fsp3) is 0.294. The Morgan fingerprint density at radius 2 is 1.65 bits per heavy atom. The number of halogens is 2. The molecule has 1 aliphatic rings. The number of pyridine rings is 1. The van der Waals surface area contributed by atoms with Gasteiger partial charge in [-0.15, -0.1) is 0 Å². The number of nitrogens with one attached hydrogen (secondary N) is 1. The summed E-state index contributed by atoms with van der Waals surface area (Å²) in [4.78, 5) is 19.5. The van der Waals surface area contributed by atoms with Crippen LogP contribution in [0.5, 0.6) is 0 Å². The maximum atomic E-state index is 12.6. The molecule has 6 heteroatoms. The standard InChI is InChI=1S/C17H17Cl2N3O/c18-14-11-20-12-15(19)16(14)21-7-4-8-22(10-9-21)17(23)13-5-2-1-3-6-13/h1-3,5-6,11-12H,4,7-10H2/p+1. The average molecular weight is 351 g/mol. The van der Waals surface area contributed by atoms with Crippen molar-refractivity contribution in [3.63, 3.8) is 0 Å². The average Bonchev–Trinajstić information content (AvgIpc) is 2.81. The van der Waals surface area contributed by atoms with E-state index in [1.165, 1.54) is 0 Å². The van der Waals surface area contributed by atoms with Crippen molar-refractivity contribution in [2.75, 3.05) is 31.1 Å². The summed E-state index contributed by atoms with van der Waals surface area (Å²) in [6.07, 6.45) is 4.32. The molecule has 1 N–H and O–H groups in total. The predicted molar refractivity (Wildman–Crippen MR) is 92.2 cm³/mol. The number of H-pyrrole nitrogens is 1. The number of hydrogen-bond donors (Lipinski definition) is 0. The molecule has 1 aromatic carbocycles. The highest BCUT2D eigenvalue weighted by Gasteiger charge is 2.23. The Morgan fingerprint density at radius 3 is 2.35 bits per heavy atom. The van der Waals surface area contributed by atoms with Crippen LogP contribution in [0.4, 0.5) is 5.69 Å². The van der Waals surface area contributed by atoms with Gasteiger partial charge < -0.3 is 9.80 Å². The van der Waals surface area contributed by atoms with Crippen molar-refractivity contribution >= 4 is 34.8 Å². The van der Waals surface area contributed by atoms with E-state index in [9.17, 15) is 4.79 Å². The van der Waals surface area contributed by atoms with E-state index in [0.717, 1.165) is 30.8 Å². The van der Waals surface area contributed by atoms with Crippen LogP contribution in [0.2, 0.25) is 10.0 Å². The lowest BCUT2D eigenvalue weighted by Gasteiger charge is -2.24. The lowest BCUT2D eigenvalue weighted by Crippen LogP contribution is -2.35. The van der Waals surface area contributed by atoms with Crippen LogP contribution in [0.1, 0.15) is 16.8 Å². The van der Waals surface area contributed by atoms with Crippen LogP contribution in [0.15, 0.2) is 42.7 Å². The SMILES string of the molecule is O=C(c1ccccc1)N1CCCN(c2c(Cl)c[nH+]cc2Cl)CC1. The van der Waals surface area contributed by atoms with Gasteiger partial charge >= 0.3 is 0 Å². The summed E-state index contributed by atoms with van der Waals surface area (Å²) >= 11 is 12.5. The van der Waals surface area contributed by atoms with E-state index in [1.54, 1.807) is 12.4 Å². The molecule has 2 aromatic rings. The summed E-state index contributed by atoms with van der Waals surface area (Å²) in [5, 5.41) is 1.20. The quantitative estimate of drug-likeness (QED) is 0.834. The number of benzene rings is 1. The summed E-state index contributed by atoms with van der Waals surface area (Å²) < 4.78 is 0. The van der Waals surface area contributed by atoms with Crippen LogP contribution in [0, 0.1) is 0 Å². The number of carbonyl (C=O) groups excluding carboxylic acids is 1. The minimum atomic E-state index is 0.0750. The molecule has 0 saturated carbocycles. The highest BCUT2D eigenvalue weighted by atomic mass is 35.5. The van der Waals surface area contributed by atoms with Crippen LogP contribution < -0.4 is 9.88 Å². The van der Waals surface area contributed by atoms with Crippen LogP contribution in [-0.4, -0.2) is 37.0 Å². The van der Waals surface area contributed by atoms with Crippen LogP contribution in [0.3, 0.4) is 0 Å². The first kappa shape index (κ1) is 16.1. The molecule has 0 radical (unpaired) electrons. The molecule has 0 atom stereocenters. The van der Waals surface area contributed by atoms with E-state index in [1.807, 2.05) is 35.2 Å². The van der Waals surface area contributed by atoms with Crippen molar-refractivity contribution in [1.82, 2.24) is 4.90 Å². The molecule has 3 rings (SSSR count). The van der Waals surface area contributed by atoms with Crippen molar-refractivity contribution < 1.29 is 9.78 Å². The molecule has 1 aliphatic heterocycles. The second-order valence-corrected chi connectivity index (χ2v) is 6.31.